The van der Waals surface area contributed by atoms with E-state index in [9.17, 15) is 31.2 Å². The Balaban J connectivity index is 1.56. The molecule has 1 heterocycles. The van der Waals surface area contributed by atoms with Crippen molar-refractivity contribution in [3.63, 3.8) is 0 Å². The second kappa shape index (κ2) is 10.1. The van der Waals surface area contributed by atoms with E-state index in [1.54, 1.807) is 18.2 Å². The average Bonchev–Trinajstić information content (AvgIpc) is 2.81. The third-order valence-electron chi connectivity index (χ3n) is 5.80. The zero-order chi connectivity index (χ0) is 25.1. The van der Waals surface area contributed by atoms with Crippen molar-refractivity contribution in [2.45, 2.75) is 30.5 Å². The fraction of sp³-hybridized carbons (Fsp3) is 0.391. The lowest BCUT2D eigenvalue weighted by Gasteiger charge is -2.31. The van der Waals surface area contributed by atoms with E-state index >= 15 is 0 Å². The quantitative estimate of drug-likeness (QED) is 0.665. The van der Waals surface area contributed by atoms with E-state index in [1.807, 2.05) is 0 Å². The summed E-state index contributed by atoms with van der Waals surface area (Å²) < 4.78 is 64.3. The maximum atomic E-state index is 12.7. The smallest absolute Gasteiger partial charge is 0.352 e. The Morgan fingerprint density at radius 2 is 1.62 bits per heavy atom. The Hall–Kier alpha value is -2.92. The van der Waals surface area contributed by atoms with E-state index in [0.29, 0.717) is 31.5 Å². The van der Waals surface area contributed by atoms with E-state index < -0.39 is 21.8 Å². The van der Waals surface area contributed by atoms with Crippen molar-refractivity contribution in [3.8, 4) is 0 Å². The first-order valence-corrected chi connectivity index (χ1v) is 12.1. The van der Waals surface area contributed by atoms with Crippen molar-refractivity contribution < 1.29 is 31.2 Å². The minimum Gasteiger partial charge on any atom is -0.352 e. The predicted octanol–water partition coefficient (Wildman–Crippen LogP) is 3.12. The van der Waals surface area contributed by atoms with Crippen LogP contribution >= 0.6 is 0 Å². The molecule has 1 aliphatic heterocycles. The van der Waals surface area contributed by atoms with Crippen LogP contribution in [0.3, 0.4) is 0 Å². The van der Waals surface area contributed by atoms with E-state index in [4.69, 9.17) is 0 Å². The van der Waals surface area contributed by atoms with Gasteiger partial charge < -0.3 is 10.2 Å². The largest absolute Gasteiger partial charge is 0.416 e. The molecule has 3 rings (SSSR count). The van der Waals surface area contributed by atoms with Crippen LogP contribution < -0.4 is 5.32 Å². The Labute approximate surface area is 196 Å². The van der Waals surface area contributed by atoms with Crippen molar-refractivity contribution in [1.29, 1.82) is 0 Å². The molecule has 0 saturated carbocycles. The Morgan fingerprint density at radius 1 is 1.03 bits per heavy atom. The highest BCUT2D eigenvalue weighted by atomic mass is 32.2. The van der Waals surface area contributed by atoms with Crippen LogP contribution in [0.2, 0.25) is 0 Å². The number of carbonyl (C=O) groups excluding carboxylic acids is 2. The minimum atomic E-state index is -4.47. The molecule has 11 heteroatoms. The van der Waals surface area contributed by atoms with Gasteiger partial charge in [-0.1, -0.05) is 18.2 Å². The van der Waals surface area contributed by atoms with E-state index in [-0.39, 0.29) is 34.7 Å². The van der Waals surface area contributed by atoms with Crippen LogP contribution in [0.15, 0.2) is 53.4 Å². The van der Waals surface area contributed by atoms with Gasteiger partial charge in [0.2, 0.25) is 15.9 Å². The van der Waals surface area contributed by atoms with Crippen LogP contribution in [0.5, 0.6) is 0 Å². The first kappa shape index (κ1) is 25.7. The molecular weight excluding hydrogens is 471 g/mol. The molecule has 7 nitrogen and oxygen atoms in total. The molecule has 34 heavy (non-hydrogen) atoms. The molecule has 1 saturated heterocycles. The number of halogens is 3. The lowest BCUT2D eigenvalue weighted by molar-refractivity contribution is -0.137. The number of carbonyl (C=O) groups is 2. The molecule has 0 radical (unpaired) electrons. The monoisotopic (exact) mass is 497 g/mol. The van der Waals surface area contributed by atoms with E-state index in [0.717, 1.165) is 28.6 Å². The number of nitrogens with zero attached hydrogens (tertiary/aromatic N) is 2. The molecule has 1 aliphatic rings. The van der Waals surface area contributed by atoms with Crippen LogP contribution in [0.25, 0.3) is 0 Å². The Kier molecular flexibility index (Phi) is 7.67. The molecule has 0 aromatic heterocycles. The normalized spacial score (nSPS) is 15.4. The molecule has 2 amide bonds. The standard InChI is InChI=1S/C23H26F3N3O4S/c1-28(2)34(32,33)20-6-4-3-5-18(20)15-27-21(30)16-11-13-29(14-12-16)22(31)17-7-9-19(10-8-17)23(24,25)26/h3-10,16H,11-15H2,1-2H3,(H,27,30). The number of piperidine rings is 1. The molecule has 0 bridgehead atoms. The molecule has 0 unspecified atom stereocenters. The number of alkyl halides is 3. The molecular formula is C23H26F3N3O4S. The summed E-state index contributed by atoms with van der Waals surface area (Å²) in [7, 11) is -0.789. The van der Waals surface area contributed by atoms with E-state index in [1.165, 1.54) is 25.1 Å². The topological polar surface area (TPSA) is 86.8 Å². The third kappa shape index (κ3) is 5.76. The zero-order valence-corrected chi connectivity index (χ0v) is 19.6. The van der Waals surface area contributed by atoms with Gasteiger partial charge in [-0.3, -0.25) is 9.59 Å². The van der Waals surface area contributed by atoms with Gasteiger partial charge in [0.05, 0.1) is 10.5 Å². The zero-order valence-electron chi connectivity index (χ0n) is 18.8. The van der Waals surface area contributed by atoms with Crippen LogP contribution in [-0.2, 0) is 27.5 Å². The fourth-order valence-corrected chi connectivity index (χ4v) is 4.87. The fourth-order valence-electron chi connectivity index (χ4n) is 3.75. The highest BCUT2D eigenvalue weighted by Gasteiger charge is 2.31. The summed E-state index contributed by atoms with van der Waals surface area (Å²) in [4.78, 5) is 26.9. The van der Waals surface area contributed by atoms with Crippen LogP contribution in [0, 0.1) is 5.92 Å². The molecule has 0 atom stereocenters. The van der Waals surface area contributed by atoms with Gasteiger partial charge in [-0.25, -0.2) is 12.7 Å². The SMILES string of the molecule is CN(C)S(=O)(=O)c1ccccc1CNC(=O)C1CCN(C(=O)c2ccc(C(F)(F)F)cc2)CC1. The van der Waals surface area contributed by atoms with Gasteiger partial charge in [-0.05, 0) is 48.7 Å². The summed E-state index contributed by atoms with van der Waals surface area (Å²) >= 11 is 0. The van der Waals surface area contributed by atoms with Crippen LogP contribution in [0.1, 0.15) is 34.3 Å². The van der Waals surface area contributed by atoms with Crippen molar-refractivity contribution in [1.82, 2.24) is 14.5 Å². The van der Waals surface area contributed by atoms with Gasteiger partial charge in [-0.2, -0.15) is 13.2 Å². The summed E-state index contributed by atoms with van der Waals surface area (Å²) in [6, 6.07) is 10.5. The number of likely N-dealkylation sites (tertiary alicyclic amines) is 1. The van der Waals surface area contributed by atoms with Crippen molar-refractivity contribution in [2.75, 3.05) is 27.2 Å². The molecule has 0 aliphatic carbocycles. The van der Waals surface area contributed by atoms with Gasteiger partial charge in [0.15, 0.2) is 0 Å². The van der Waals surface area contributed by atoms with Gasteiger partial charge in [0.25, 0.3) is 5.91 Å². The second-order valence-electron chi connectivity index (χ2n) is 8.25. The molecule has 2 aromatic carbocycles. The first-order chi connectivity index (χ1) is 15.9. The Bertz CT molecular complexity index is 1140. The lowest BCUT2D eigenvalue weighted by atomic mass is 9.95. The van der Waals surface area contributed by atoms with E-state index in [2.05, 4.69) is 5.32 Å². The van der Waals surface area contributed by atoms with Crippen molar-refractivity contribution in [3.05, 3.63) is 65.2 Å². The summed E-state index contributed by atoms with van der Waals surface area (Å²) in [5.41, 5.74) is -0.187. The maximum Gasteiger partial charge on any atom is 0.416 e. The van der Waals surface area contributed by atoms with Crippen molar-refractivity contribution >= 4 is 21.8 Å². The average molecular weight is 498 g/mol. The molecule has 1 fully saturated rings. The number of benzene rings is 2. The second-order valence-corrected chi connectivity index (χ2v) is 10.4. The number of sulfonamides is 1. The molecule has 184 valence electrons. The number of rotatable bonds is 6. The maximum absolute atomic E-state index is 12.7. The molecule has 2 aromatic rings. The highest BCUT2D eigenvalue weighted by molar-refractivity contribution is 7.89. The summed E-state index contributed by atoms with van der Waals surface area (Å²) in [5, 5.41) is 2.78. The van der Waals surface area contributed by atoms with Crippen LogP contribution in [-0.4, -0.2) is 56.6 Å². The summed E-state index contributed by atoms with van der Waals surface area (Å²) in [6.07, 6.45) is -3.67. The highest BCUT2D eigenvalue weighted by Crippen LogP contribution is 2.29. The van der Waals surface area contributed by atoms with Crippen molar-refractivity contribution in [2.24, 2.45) is 5.92 Å². The van der Waals surface area contributed by atoms with Gasteiger partial charge >= 0.3 is 6.18 Å². The molecule has 1 N–H and O–H groups in total. The van der Waals surface area contributed by atoms with Gasteiger partial charge in [0.1, 0.15) is 0 Å². The Morgan fingerprint density at radius 3 is 2.18 bits per heavy atom. The number of amides is 2. The number of nitrogens with one attached hydrogen (secondary N) is 1. The molecule has 0 spiro atoms. The summed E-state index contributed by atoms with van der Waals surface area (Å²) in [5.74, 6) is -0.969. The first-order valence-electron chi connectivity index (χ1n) is 10.7. The van der Waals surface area contributed by atoms with Gasteiger partial charge in [0, 0.05) is 45.2 Å². The lowest BCUT2D eigenvalue weighted by Crippen LogP contribution is -2.43. The van der Waals surface area contributed by atoms with Crippen LogP contribution in [0.4, 0.5) is 13.2 Å². The number of hydrogen-bond donors (Lipinski definition) is 1. The minimum absolute atomic E-state index is 0.0484. The third-order valence-corrected chi connectivity index (χ3v) is 7.71. The predicted molar refractivity (Wildman–Crippen MR) is 119 cm³/mol. The van der Waals surface area contributed by atoms with Gasteiger partial charge in [-0.15, -0.1) is 0 Å². The number of hydrogen-bond acceptors (Lipinski definition) is 4. The summed E-state index contributed by atoms with van der Waals surface area (Å²) in [6.45, 7) is 0.639.